The van der Waals surface area contributed by atoms with Crippen LogP contribution in [-0.2, 0) is 21.4 Å². The van der Waals surface area contributed by atoms with Gasteiger partial charge in [0, 0.05) is 17.6 Å². The minimum Gasteiger partial charge on any atom is -0.460 e. The van der Waals surface area contributed by atoms with Crippen LogP contribution in [0.5, 0.6) is 0 Å². The average molecular weight is 413 g/mol. The number of hydrogen-bond donors (Lipinski definition) is 1. The van der Waals surface area contributed by atoms with Crippen molar-refractivity contribution in [1.82, 2.24) is 4.31 Å². The molecule has 0 aliphatic carbocycles. The molecule has 1 aromatic carbocycles. The molecule has 2 rings (SSSR count). The van der Waals surface area contributed by atoms with E-state index in [1.165, 1.54) is 23.5 Å². The lowest BCUT2D eigenvalue weighted by molar-refractivity contribution is -0.111. The molecular weight excluding hydrogens is 396 g/mol. The Balaban J connectivity index is 1.97. The zero-order chi connectivity index (χ0) is 17.7. The predicted octanol–water partition coefficient (Wildman–Crippen LogP) is 3.09. The third-order valence-corrected chi connectivity index (χ3v) is 5.11. The van der Waals surface area contributed by atoms with Crippen LogP contribution in [0.4, 0.5) is 5.69 Å². The predicted molar refractivity (Wildman–Crippen MR) is 96.8 cm³/mol. The Hall–Kier alpha value is -1.90. The third kappa shape index (κ3) is 5.33. The Labute approximate surface area is 149 Å². The lowest BCUT2D eigenvalue weighted by Crippen LogP contribution is -2.24. The van der Waals surface area contributed by atoms with Gasteiger partial charge in [0.05, 0.1) is 18.5 Å². The molecule has 0 atom stereocenters. The second kappa shape index (κ2) is 7.78. The molecule has 0 saturated heterocycles. The molecule has 128 valence electrons. The van der Waals surface area contributed by atoms with Crippen molar-refractivity contribution in [3.8, 4) is 0 Å². The molecule has 0 fully saturated rings. The van der Waals surface area contributed by atoms with Gasteiger partial charge in [-0.15, -0.1) is 0 Å². The van der Waals surface area contributed by atoms with Crippen LogP contribution in [0.15, 0.2) is 51.4 Å². The Morgan fingerprint density at radius 1 is 1.29 bits per heavy atom. The molecule has 0 unspecified atom stereocenters. The van der Waals surface area contributed by atoms with Gasteiger partial charge in [-0.2, -0.15) is 4.31 Å². The highest BCUT2D eigenvalue weighted by molar-refractivity contribution is 9.10. The van der Waals surface area contributed by atoms with Crippen LogP contribution in [0, 0.1) is 0 Å². The molecule has 2 aromatic rings. The number of carbonyl (C=O) groups excluding carboxylic acids is 1. The van der Waals surface area contributed by atoms with Gasteiger partial charge in [0.1, 0.15) is 11.5 Å². The standard InChI is InChI=1S/C16H17BrN2O4S/c1-19(24(2,21)22)11-13-8-7-12(23-13)9-10-16(20)18-15-6-4-3-5-14(15)17/h3-10H,11H2,1-2H3,(H,18,20)/b10-9+. The number of anilines is 1. The normalized spacial score (nSPS) is 12.0. The Bertz CT molecular complexity index is 858. The summed E-state index contributed by atoms with van der Waals surface area (Å²) in [5.41, 5.74) is 0.669. The summed E-state index contributed by atoms with van der Waals surface area (Å²) in [6.45, 7) is 0.135. The molecule has 1 aromatic heterocycles. The van der Waals surface area contributed by atoms with E-state index < -0.39 is 10.0 Å². The monoisotopic (exact) mass is 412 g/mol. The summed E-state index contributed by atoms with van der Waals surface area (Å²) in [5.74, 6) is 0.663. The lowest BCUT2D eigenvalue weighted by atomic mass is 10.3. The number of sulfonamides is 1. The molecule has 0 bridgehead atoms. The van der Waals surface area contributed by atoms with Gasteiger partial charge in [-0.1, -0.05) is 12.1 Å². The van der Waals surface area contributed by atoms with E-state index in [1.54, 1.807) is 18.2 Å². The van der Waals surface area contributed by atoms with Gasteiger partial charge in [-0.3, -0.25) is 4.79 Å². The minimum absolute atomic E-state index is 0.135. The topological polar surface area (TPSA) is 79.6 Å². The first-order valence-corrected chi connectivity index (χ1v) is 9.63. The zero-order valence-corrected chi connectivity index (χ0v) is 15.6. The second-order valence-corrected chi connectivity index (χ2v) is 8.07. The maximum absolute atomic E-state index is 11.9. The molecular formula is C16H17BrN2O4S. The summed E-state index contributed by atoms with van der Waals surface area (Å²) >= 11 is 3.35. The fourth-order valence-electron chi connectivity index (χ4n) is 1.80. The van der Waals surface area contributed by atoms with Crippen LogP contribution in [0.3, 0.4) is 0 Å². The summed E-state index contributed by atoms with van der Waals surface area (Å²) in [6, 6.07) is 10.6. The highest BCUT2D eigenvalue weighted by Crippen LogP contribution is 2.21. The zero-order valence-electron chi connectivity index (χ0n) is 13.2. The smallest absolute Gasteiger partial charge is 0.248 e. The fraction of sp³-hybridized carbons (Fsp3) is 0.188. The maximum Gasteiger partial charge on any atom is 0.248 e. The van der Waals surface area contributed by atoms with Crippen LogP contribution < -0.4 is 5.32 Å². The number of carbonyl (C=O) groups is 1. The van der Waals surface area contributed by atoms with E-state index in [1.807, 2.05) is 18.2 Å². The highest BCUT2D eigenvalue weighted by atomic mass is 79.9. The van der Waals surface area contributed by atoms with Crippen LogP contribution in [0.2, 0.25) is 0 Å². The van der Waals surface area contributed by atoms with Crippen molar-refractivity contribution in [2.45, 2.75) is 6.54 Å². The molecule has 1 amide bonds. The van der Waals surface area contributed by atoms with E-state index in [0.717, 1.165) is 10.7 Å². The summed E-state index contributed by atoms with van der Waals surface area (Å²) in [6.07, 6.45) is 4.00. The maximum atomic E-state index is 11.9. The molecule has 6 nitrogen and oxygen atoms in total. The number of nitrogens with zero attached hydrogens (tertiary/aromatic N) is 1. The average Bonchev–Trinajstić information content (AvgIpc) is 2.94. The molecule has 8 heteroatoms. The van der Waals surface area contributed by atoms with Crippen molar-refractivity contribution in [3.05, 3.63) is 58.5 Å². The Morgan fingerprint density at radius 2 is 2.00 bits per heavy atom. The van der Waals surface area contributed by atoms with Gasteiger partial charge in [0.2, 0.25) is 15.9 Å². The summed E-state index contributed by atoms with van der Waals surface area (Å²) in [7, 11) is -1.80. The Morgan fingerprint density at radius 3 is 2.67 bits per heavy atom. The first-order chi connectivity index (χ1) is 11.3. The molecule has 0 aliphatic heterocycles. The number of nitrogens with one attached hydrogen (secondary N) is 1. The summed E-state index contributed by atoms with van der Waals surface area (Å²) in [4.78, 5) is 11.9. The molecule has 0 spiro atoms. The quantitative estimate of drug-likeness (QED) is 0.739. The summed E-state index contributed by atoms with van der Waals surface area (Å²) < 4.78 is 30.2. The van der Waals surface area contributed by atoms with Gasteiger partial charge in [-0.25, -0.2) is 8.42 Å². The van der Waals surface area contributed by atoms with Crippen molar-refractivity contribution >= 4 is 43.6 Å². The number of amides is 1. The molecule has 0 radical (unpaired) electrons. The second-order valence-electron chi connectivity index (χ2n) is 5.13. The van der Waals surface area contributed by atoms with E-state index in [9.17, 15) is 13.2 Å². The number of furan rings is 1. The van der Waals surface area contributed by atoms with E-state index in [0.29, 0.717) is 17.2 Å². The first-order valence-electron chi connectivity index (χ1n) is 6.99. The van der Waals surface area contributed by atoms with Gasteiger partial charge in [-0.05, 0) is 46.3 Å². The van der Waals surface area contributed by atoms with Crippen molar-refractivity contribution in [1.29, 1.82) is 0 Å². The number of rotatable bonds is 6. The van der Waals surface area contributed by atoms with Crippen LogP contribution >= 0.6 is 15.9 Å². The number of benzene rings is 1. The van der Waals surface area contributed by atoms with Gasteiger partial charge >= 0.3 is 0 Å². The van der Waals surface area contributed by atoms with Crippen molar-refractivity contribution in [3.63, 3.8) is 0 Å². The van der Waals surface area contributed by atoms with Crippen LogP contribution in [-0.4, -0.2) is 31.9 Å². The van der Waals surface area contributed by atoms with E-state index in [-0.39, 0.29) is 12.5 Å². The molecule has 1 N–H and O–H groups in total. The summed E-state index contributed by atoms with van der Waals surface area (Å²) in [5, 5.41) is 2.74. The minimum atomic E-state index is -3.27. The molecule has 24 heavy (non-hydrogen) atoms. The van der Waals surface area contributed by atoms with Crippen LogP contribution in [0.1, 0.15) is 11.5 Å². The number of hydrogen-bond acceptors (Lipinski definition) is 4. The SMILES string of the molecule is CN(Cc1ccc(/C=C/C(=O)Nc2ccccc2Br)o1)S(C)(=O)=O. The fourth-order valence-corrected chi connectivity index (χ4v) is 2.55. The molecule has 0 aliphatic rings. The molecule has 0 saturated carbocycles. The first kappa shape index (κ1) is 18.4. The van der Waals surface area contributed by atoms with Gasteiger partial charge in [0.15, 0.2) is 0 Å². The lowest BCUT2D eigenvalue weighted by Gasteiger charge is -2.11. The third-order valence-electron chi connectivity index (χ3n) is 3.16. The molecule has 1 heterocycles. The number of halogens is 1. The van der Waals surface area contributed by atoms with Crippen LogP contribution in [0.25, 0.3) is 6.08 Å². The van der Waals surface area contributed by atoms with E-state index in [4.69, 9.17) is 4.42 Å². The highest BCUT2D eigenvalue weighted by Gasteiger charge is 2.13. The van der Waals surface area contributed by atoms with Crippen molar-refractivity contribution < 1.29 is 17.6 Å². The Kier molecular flexibility index (Phi) is 5.98. The van der Waals surface area contributed by atoms with Crippen molar-refractivity contribution in [2.75, 3.05) is 18.6 Å². The largest absolute Gasteiger partial charge is 0.460 e. The van der Waals surface area contributed by atoms with E-state index in [2.05, 4.69) is 21.2 Å². The van der Waals surface area contributed by atoms with Gasteiger partial charge < -0.3 is 9.73 Å². The van der Waals surface area contributed by atoms with E-state index >= 15 is 0 Å². The number of para-hydroxylation sites is 1. The van der Waals surface area contributed by atoms with Crippen molar-refractivity contribution in [2.24, 2.45) is 0 Å². The van der Waals surface area contributed by atoms with Gasteiger partial charge in [0.25, 0.3) is 0 Å².